The van der Waals surface area contributed by atoms with Crippen molar-refractivity contribution in [2.45, 2.75) is 0 Å². The molecule has 0 bridgehead atoms. The Labute approximate surface area is 126 Å². The highest BCUT2D eigenvalue weighted by atomic mass is 16.3. The van der Waals surface area contributed by atoms with Gasteiger partial charge in [-0.2, -0.15) is 0 Å². The Balaban J connectivity index is 1.70. The maximum absolute atomic E-state index is 5.71. The molecule has 0 aliphatic rings. The molecule has 0 atom stereocenters. The van der Waals surface area contributed by atoms with Crippen LogP contribution in [-0.2, 0) is 0 Å². The van der Waals surface area contributed by atoms with Crippen LogP contribution in [0.2, 0.25) is 0 Å². The average Bonchev–Trinajstić information content (AvgIpc) is 3.00. The average molecular weight is 288 g/mol. The first-order chi connectivity index (χ1) is 10.8. The molecule has 0 saturated carbocycles. The lowest BCUT2D eigenvalue weighted by molar-refractivity contribution is 0.618. The molecule has 5 heteroatoms. The van der Waals surface area contributed by atoms with Gasteiger partial charge in [0, 0.05) is 23.5 Å². The number of nitrogens with zero attached hydrogens (tertiary/aromatic N) is 3. The Morgan fingerprint density at radius 1 is 0.818 bits per heavy atom. The summed E-state index contributed by atoms with van der Waals surface area (Å²) in [5, 5.41) is 0. The van der Waals surface area contributed by atoms with E-state index in [1.54, 1.807) is 24.7 Å². The number of benzene rings is 1. The smallest absolute Gasteiger partial charge is 0.227 e. The second kappa shape index (κ2) is 4.96. The first-order valence-electron chi connectivity index (χ1n) is 6.82. The van der Waals surface area contributed by atoms with Gasteiger partial charge in [-0.3, -0.25) is 4.98 Å². The molecule has 0 fully saturated rings. The van der Waals surface area contributed by atoms with Gasteiger partial charge in [0.1, 0.15) is 11.3 Å². The van der Waals surface area contributed by atoms with E-state index in [1.807, 2.05) is 36.4 Å². The fourth-order valence-corrected chi connectivity index (χ4v) is 2.28. The molecule has 1 aromatic carbocycles. The Morgan fingerprint density at radius 2 is 1.59 bits per heavy atom. The van der Waals surface area contributed by atoms with E-state index in [2.05, 4.69) is 15.0 Å². The number of anilines is 1. The van der Waals surface area contributed by atoms with Crippen molar-refractivity contribution in [2.75, 3.05) is 5.73 Å². The second-order valence-electron chi connectivity index (χ2n) is 4.91. The summed E-state index contributed by atoms with van der Waals surface area (Å²) in [5.74, 6) is 1.10. The van der Waals surface area contributed by atoms with Crippen LogP contribution < -0.4 is 5.73 Å². The van der Waals surface area contributed by atoms with Crippen molar-refractivity contribution in [1.82, 2.24) is 15.0 Å². The third kappa shape index (κ3) is 2.18. The topological polar surface area (TPSA) is 77.8 Å². The number of nitrogen functional groups attached to an aromatic ring is 1. The Morgan fingerprint density at radius 3 is 2.32 bits per heavy atom. The normalized spacial score (nSPS) is 10.9. The minimum Gasteiger partial charge on any atom is -0.434 e. The number of hydrogen-bond donors (Lipinski definition) is 1. The largest absolute Gasteiger partial charge is 0.434 e. The van der Waals surface area contributed by atoms with Crippen LogP contribution in [0.5, 0.6) is 0 Å². The third-order valence-corrected chi connectivity index (χ3v) is 3.44. The van der Waals surface area contributed by atoms with Gasteiger partial charge in [0.15, 0.2) is 5.58 Å². The molecule has 0 radical (unpaired) electrons. The quantitative estimate of drug-likeness (QED) is 0.610. The van der Waals surface area contributed by atoms with Gasteiger partial charge in [0.2, 0.25) is 5.89 Å². The molecule has 5 nitrogen and oxygen atoms in total. The van der Waals surface area contributed by atoms with Gasteiger partial charge in [-0.15, -0.1) is 0 Å². The van der Waals surface area contributed by atoms with E-state index in [0.29, 0.717) is 17.3 Å². The van der Waals surface area contributed by atoms with Crippen LogP contribution in [0.4, 0.5) is 5.82 Å². The lowest BCUT2D eigenvalue weighted by atomic mass is 10.1. The SMILES string of the molecule is Nc1ccc(-c2ccc(-c3nc4ccncc4o3)cc2)cn1. The molecular weight excluding hydrogens is 276 g/mol. The summed E-state index contributed by atoms with van der Waals surface area (Å²) in [5.41, 5.74) is 10.1. The predicted molar refractivity (Wildman–Crippen MR) is 84.9 cm³/mol. The van der Waals surface area contributed by atoms with Crippen molar-refractivity contribution in [1.29, 1.82) is 0 Å². The molecule has 3 heterocycles. The van der Waals surface area contributed by atoms with Crippen molar-refractivity contribution >= 4 is 16.9 Å². The molecule has 0 aliphatic carbocycles. The third-order valence-electron chi connectivity index (χ3n) is 3.44. The van der Waals surface area contributed by atoms with Gasteiger partial charge in [0.25, 0.3) is 0 Å². The highest BCUT2D eigenvalue weighted by Gasteiger charge is 2.08. The Kier molecular flexibility index (Phi) is 2.83. The molecule has 4 rings (SSSR count). The molecule has 0 unspecified atom stereocenters. The summed E-state index contributed by atoms with van der Waals surface area (Å²) in [6.07, 6.45) is 5.13. The van der Waals surface area contributed by atoms with Crippen LogP contribution in [0.3, 0.4) is 0 Å². The molecule has 0 amide bonds. The fraction of sp³-hybridized carbons (Fsp3) is 0. The minimum absolute atomic E-state index is 0.514. The Hall–Kier alpha value is -3.21. The summed E-state index contributed by atoms with van der Waals surface area (Å²) < 4.78 is 5.71. The summed E-state index contributed by atoms with van der Waals surface area (Å²) in [6, 6.07) is 13.5. The predicted octanol–water partition coefficient (Wildman–Crippen LogP) is 3.53. The van der Waals surface area contributed by atoms with Crippen LogP contribution in [-0.4, -0.2) is 15.0 Å². The van der Waals surface area contributed by atoms with Crippen LogP contribution >= 0.6 is 0 Å². The molecule has 0 aliphatic heterocycles. The number of nitrogens with two attached hydrogens (primary N) is 1. The van der Waals surface area contributed by atoms with Crippen LogP contribution in [0, 0.1) is 0 Å². The fourth-order valence-electron chi connectivity index (χ4n) is 2.28. The van der Waals surface area contributed by atoms with Crippen molar-refractivity contribution in [3.63, 3.8) is 0 Å². The first kappa shape index (κ1) is 12.5. The minimum atomic E-state index is 0.514. The molecule has 4 aromatic rings. The summed E-state index contributed by atoms with van der Waals surface area (Å²) >= 11 is 0. The van der Waals surface area contributed by atoms with Gasteiger partial charge in [-0.25, -0.2) is 9.97 Å². The Bertz CT molecular complexity index is 894. The van der Waals surface area contributed by atoms with Crippen molar-refractivity contribution < 1.29 is 4.42 Å². The lowest BCUT2D eigenvalue weighted by Gasteiger charge is -2.02. The molecular formula is C17H12N4O. The number of aromatic nitrogens is 3. The van der Waals surface area contributed by atoms with Crippen molar-refractivity contribution in [3.8, 4) is 22.6 Å². The van der Waals surface area contributed by atoms with E-state index in [4.69, 9.17) is 10.2 Å². The van der Waals surface area contributed by atoms with Crippen molar-refractivity contribution in [3.05, 3.63) is 61.1 Å². The van der Waals surface area contributed by atoms with Gasteiger partial charge < -0.3 is 10.2 Å². The highest BCUT2D eigenvalue weighted by Crippen LogP contribution is 2.26. The molecule has 3 aromatic heterocycles. The lowest BCUT2D eigenvalue weighted by Crippen LogP contribution is -1.88. The van der Waals surface area contributed by atoms with Crippen LogP contribution in [0.1, 0.15) is 0 Å². The number of pyridine rings is 2. The zero-order valence-electron chi connectivity index (χ0n) is 11.6. The number of rotatable bonds is 2. The number of fused-ring (bicyclic) bond motifs is 1. The van der Waals surface area contributed by atoms with E-state index in [1.165, 1.54) is 0 Å². The highest BCUT2D eigenvalue weighted by molar-refractivity contribution is 5.75. The molecule has 22 heavy (non-hydrogen) atoms. The van der Waals surface area contributed by atoms with Crippen LogP contribution in [0.15, 0.2) is 65.5 Å². The van der Waals surface area contributed by atoms with Gasteiger partial charge in [-0.1, -0.05) is 12.1 Å². The van der Waals surface area contributed by atoms with Gasteiger partial charge >= 0.3 is 0 Å². The van der Waals surface area contributed by atoms with E-state index in [9.17, 15) is 0 Å². The van der Waals surface area contributed by atoms with Gasteiger partial charge in [0.05, 0.1) is 6.20 Å². The summed E-state index contributed by atoms with van der Waals surface area (Å²) in [7, 11) is 0. The van der Waals surface area contributed by atoms with E-state index < -0.39 is 0 Å². The summed E-state index contributed by atoms with van der Waals surface area (Å²) in [6.45, 7) is 0. The maximum Gasteiger partial charge on any atom is 0.227 e. The second-order valence-corrected chi connectivity index (χ2v) is 4.91. The maximum atomic E-state index is 5.71. The molecule has 106 valence electrons. The molecule has 0 saturated heterocycles. The van der Waals surface area contributed by atoms with E-state index in [-0.39, 0.29) is 0 Å². The zero-order chi connectivity index (χ0) is 14.9. The number of oxazole rings is 1. The first-order valence-corrected chi connectivity index (χ1v) is 6.82. The molecule has 2 N–H and O–H groups in total. The number of hydrogen-bond acceptors (Lipinski definition) is 5. The van der Waals surface area contributed by atoms with E-state index >= 15 is 0 Å². The van der Waals surface area contributed by atoms with Crippen molar-refractivity contribution in [2.24, 2.45) is 0 Å². The summed E-state index contributed by atoms with van der Waals surface area (Å²) in [4.78, 5) is 12.6. The zero-order valence-corrected chi connectivity index (χ0v) is 11.6. The van der Waals surface area contributed by atoms with Crippen LogP contribution in [0.25, 0.3) is 33.7 Å². The van der Waals surface area contributed by atoms with E-state index in [0.717, 1.165) is 22.2 Å². The monoisotopic (exact) mass is 288 g/mol. The molecule has 0 spiro atoms. The standard InChI is InChI=1S/C17H12N4O/c18-16-6-5-13(9-20-16)11-1-3-12(4-2-11)17-21-14-7-8-19-10-15(14)22-17/h1-10H,(H2,18,20). The van der Waals surface area contributed by atoms with Gasteiger partial charge in [-0.05, 0) is 35.9 Å².